The van der Waals surface area contributed by atoms with Crippen LogP contribution < -0.4 is 0 Å². The molecule has 11 rings (SSSR count). The number of nitrogens with zero attached hydrogens (tertiary/aromatic N) is 4. The Bertz CT molecular complexity index is 3100. The van der Waals surface area contributed by atoms with Crippen molar-refractivity contribution in [3.05, 3.63) is 158 Å². The highest BCUT2D eigenvalue weighted by Gasteiger charge is 2.19. The summed E-state index contributed by atoms with van der Waals surface area (Å²) in [5.74, 6) is 1.86. The van der Waals surface area contributed by atoms with Crippen LogP contribution in [-0.2, 0) is 0 Å². The third-order valence-electron chi connectivity index (χ3n) is 9.86. The van der Waals surface area contributed by atoms with Gasteiger partial charge in [-0.25, -0.2) is 15.0 Å². The normalized spacial score (nSPS) is 11.9. The average Bonchev–Trinajstić information content (AvgIpc) is 3.87. The number of para-hydroxylation sites is 2. The molecule has 0 saturated carbocycles. The number of furan rings is 1. The van der Waals surface area contributed by atoms with Crippen LogP contribution in [0.4, 0.5) is 0 Å². The average molecular weight is 671 g/mol. The van der Waals surface area contributed by atoms with E-state index in [4.69, 9.17) is 19.4 Å². The predicted octanol–water partition coefficient (Wildman–Crippen LogP) is 12.2. The Morgan fingerprint density at radius 3 is 1.75 bits per heavy atom. The second-order valence-corrected chi connectivity index (χ2v) is 13.9. The molecule has 0 aliphatic rings. The Kier molecular flexibility index (Phi) is 6.05. The Morgan fingerprint density at radius 2 is 1.00 bits per heavy atom. The standard InChI is InChI=1S/C45H26N4OS/c1-2-11-27(12-3-1)43-46-44(48-45(47-43)29-21-23-33-32-15-6-9-20-40(32)51-41(33)26-29)28-22-24-34-39(25-28)50-38-19-10-18-37(42(34)38)49-35-16-7-4-13-30(35)31-14-5-8-17-36(31)49/h1-26H. The topological polar surface area (TPSA) is 56.7 Å². The molecule has 0 fully saturated rings. The summed E-state index contributed by atoms with van der Waals surface area (Å²) >= 11 is 1.79. The van der Waals surface area contributed by atoms with Gasteiger partial charge in [-0.2, -0.15) is 0 Å². The molecule has 4 aromatic heterocycles. The summed E-state index contributed by atoms with van der Waals surface area (Å²) in [6, 6.07) is 54.9. The van der Waals surface area contributed by atoms with Crippen LogP contribution in [0.3, 0.4) is 0 Å². The van der Waals surface area contributed by atoms with Crippen LogP contribution in [0.2, 0.25) is 0 Å². The van der Waals surface area contributed by atoms with E-state index in [2.05, 4.69) is 126 Å². The van der Waals surface area contributed by atoms with Gasteiger partial charge in [0.2, 0.25) is 0 Å². The molecule has 11 aromatic rings. The highest BCUT2D eigenvalue weighted by atomic mass is 32.1. The first-order valence-corrected chi connectivity index (χ1v) is 17.8. The molecule has 51 heavy (non-hydrogen) atoms. The van der Waals surface area contributed by atoms with Crippen molar-refractivity contribution in [2.45, 2.75) is 0 Å². The van der Waals surface area contributed by atoms with E-state index in [0.29, 0.717) is 17.5 Å². The number of hydrogen-bond acceptors (Lipinski definition) is 5. The van der Waals surface area contributed by atoms with Crippen molar-refractivity contribution in [1.82, 2.24) is 19.5 Å². The lowest BCUT2D eigenvalue weighted by molar-refractivity contribution is 0.669. The van der Waals surface area contributed by atoms with E-state index in [1.165, 1.54) is 30.9 Å². The Balaban J connectivity index is 1.10. The molecule has 0 saturated heterocycles. The minimum Gasteiger partial charge on any atom is -0.456 e. The Morgan fingerprint density at radius 1 is 0.412 bits per heavy atom. The maximum Gasteiger partial charge on any atom is 0.164 e. The summed E-state index contributed by atoms with van der Waals surface area (Å²) in [7, 11) is 0. The van der Waals surface area contributed by atoms with Crippen LogP contribution in [0.25, 0.3) is 104 Å². The van der Waals surface area contributed by atoms with Crippen molar-refractivity contribution in [3.63, 3.8) is 0 Å². The summed E-state index contributed by atoms with van der Waals surface area (Å²) in [4.78, 5) is 15.1. The molecule has 0 aliphatic carbocycles. The van der Waals surface area contributed by atoms with Gasteiger partial charge in [0.15, 0.2) is 17.5 Å². The molecule has 5 nitrogen and oxygen atoms in total. The predicted molar refractivity (Wildman–Crippen MR) is 211 cm³/mol. The van der Waals surface area contributed by atoms with Crippen molar-refractivity contribution in [2.75, 3.05) is 0 Å². The fourth-order valence-corrected chi connectivity index (χ4v) is 8.68. The van der Waals surface area contributed by atoms with Crippen LogP contribution in [0.1, 0.15) is 0 Å². The number of aromatic nitrogens is 4. The zero-order valence-electron chi connectivity index (χ0n) is 27.1. The van der Waals surface area contributed by atoms with Crippen LogP contribution >= 0.6 is 11.3 Å². The van der Waals surface area contributed by atoms with Crippen molar-refractivity contribution >= 4 is 75.3 Å². The van der Waals surface area contributed by atoms with E-state index in [0.717, 1.165) is 55.3 Å². The lowest BCUT2D eigenvalue weighted by Gasteiger charge is -2.10. The molecule has 4 heterocycles. The van der Waals surface area contributed by atoms with Gasteiger partial charge in [-0.15, -0.1) is 11.3 Å². The zero-order valence-corrected chi connectivity index (χ0v) is 27.9. The van der Waals surface area contributed by atoms with Gasteiger partial charge in [-0.3, -0.25) is 0 Å². The first-order chi connectivity index (χ1) is 25.3. The van der Waals surface area contributed by atoms with Gasteiger partial charge < -0.3 is 8.98 Å². The van der Waals surface area contributed by atoms with Gasteiger partial charge in [-0.05, 0) is 48.5 Å². The summed E-state index contributed by atoms with van der Waals surface area (Å²) < 4.78 is 11.4. The molecular weight excluding hydrogens is 645 g/mol. The van der Waals surface area contributed by atoms with E-state index in [-0.39, 0.29) is 0 Å². The quantitative estimate of drug-likeness (QED) is 0.187. The Labute approximate surface area is 295 Å². The number of thiophene rings is 1. The van der Waals surface area contributed by atoms with Gasteiger partial charge in [0.05, 0.1) is 22.1 Å². The number of rotatable bonds is 4. The van der Waals surface area contributed by atoms with E-state index in [9.17, 15) is 0 Å². The Hall–Kier alpha value is -6.63. The van der Waals surface area contributed by atoms with Crippen LogP contribution in [0.15, 0.2) is 162 Å². The van der Waals surface area contributed by atoms with Gasteiger partial charge in [0.25, 0.3) is 0 Å². The molecule has 6 heteroatoms. The minimum absolute atomic E-state index is 0.597. The second-order valence-electron chi connectivity index (χ2n) is 12.8. The molecule has 0 amide bonds. The molecule has 0 unspecified atom stereocenters. The summed E-state index contributed by atoms with van der Waals surface area (Å²) in [6.45, 7) is 0. The molecule has 0 bridgehead atoms. The molecule has 0 atom stereocenters. The van der Waals surface area contributed by atoms with E-state index in [1.807, 2.05) is 36.4 Å². The number of fused-ring (bicyclic) bond motifs is 9. The van der Waals surface area contributed by atoms with Crippen molar-refractivity contribution in [3.8, 4) is 39.9 Å². The van der Waals surface area contributed by atoms with Gasteiger partial charge in [-0.1, -0.05) is 109 Å². The third kappa shape index (κ3) is 4.37. The highest BCUT2D eigenvalue weighted by Crippen LogP contribution is 2.40. The fraction of sp³-hybridized carbons (Fsp3) is 0. The van der Waals surface area contributed by atoms with Gasteiger partial charge >= 0.3 is 0 Å². The van der Waals surface area contributed by atoms with Gasteiger partial charge in [0, 0.05) is 53.0 Å². The smallest absolute Gasteiger partial charge is 0.164 e. The third-order valence-corrected chi connectivity index (χ3v) is 11.0. The molecular formula is C45H26N4OS. The lowest BCUT2D eigenvalue weighted by atomic mass is 10.1. The number of hydrogen-bond donors (Lipinski definition) is 0. The van der Waals surface area contributed by atoms with E-state index < -0.39 is 0 Å². The molecule has 0 spiro atoms. The van der Waals surface area contributed by atoms with Crippen LogP contribution in [-0.4, -0.2) is 19.5 Å². The van der Waals surface area contributed by atoms with Gasteiger partial charge in [0.1, 0.15) is 11.2 Å². The highest BCUT2D eigenvalue weighted by molar-refractivity contribution is 7.25. The molecule has 7 aromatic carbocycles. The summed E-state index contributed by atoms with van der Waals surface area (Å²) in [5.41, 5.74) is 7.78. The number of benzene rings is 7. The molecule has 0 aliphatic heterocycles. The first-order valence-electron chi connectivity index (χ1n) is 16.9. The minimum atomic E-state index is 0.597. The molecule has 238 valence electrons. The fourth-order valence-electron chi connectivity index (χ4n) is 7.53. The maximum absolute atomic E-state index is 6.60. The molecule has 0 N–H and O–H groups in total. The van der Waals surface area contributed by atoms with E-state index >= 15 is 0 Å². The first kappa shape index (κ1) is 28.2. The second kappa shape index (κ2) is 10.9. The van der Waals surface area contributed by atoms with Crippen LogP contribution in [0, 0.1) is 0 Å². The zero-order chi connectivity index (χ0) is 33.5. The van der Waals surface area contributed by atoms with Crippen molar-refractivity contribution in [1.29, 1.82) is 0 Å². The van der Waals surface area contributed by atoms with E-state index in [1.54, 1.807) is 11.3 Å². The summed E-state index contributed by atoms with van der Waals surface area (Å²) in [6.07, 6.45) is 0. The largest absolute Gasteiger partial charge is 0.456 e. The lowest BCUT2D eigenvalue weighted by Crippen LogP contribution is -2.00. The SMILES string of the molecule is c1ccc(-c2nc(-c3ccc4c(c3)oc3cccc(-n5c6ccccc6c6ccccc65)c34)nc(-c3ccc4c(c3)sc3ccccc34)n2)cc1. The van der Waals surface area contributed by atoms with Crippen molar-refractivity contribution in [2.24, 2.45) is 0 Å². The maximum atomic E-state index is 6.60. The van der Waals surface area contributed by atoms with Crippen molar-refractivity contribution < 1.29 is 4.42 Å². The monoisotopic (exact) mass is 670 g/mol. The molecule has 0 radical (unpaired) electrons. The summed E-state index contributed by atoms with van der Waals surface area (Å²) in [5, 5.41) is 7.08. The van der Waals surface area contributed by atoms with Crippen LogP contribution in [0.5, 0.6) is 0 Å².